The van der Waals surface area contributed by atoms with E-state index in [0.29, 0.717) is 6.42 Å². The van der Waals surface area contributed by atoms with Gasteiger partial charge in [-0.3, -0.25) is 4.79 Å². The van der Waals surface area contributed by atoms with E-state index in [9.17, 15) is 18.0 Å². The van der Waals surface area contributed by atoms with Crippen LogP contribution in [-0.4, -0.2) is 24.7 Å². The number of hydrogen-bond acceptors (Lipinski definition) is 2. The number of amides is 1. The highest BCUT2D eigenvalue weighted by Crippen LogP contribution is 2.45. The smallest absolute Gasteiger partial charge is 0.354 e. The highest BCUT2D eigenvalue weighted by molar-refractivity contribution is 5.81. The first kappa shape index (κ1) is 20.2. The molecule has 0 heterocycles. The first-order valence-corrected chi connectivity index (χ1v) is 8.84. The molecular formula is C20H25F3N2O. The van der Waals surface area contributed by atoms with Crippen molar-refractivity contribution in [2.24, 2.45) is 11.1 Å². The summed E-state index contributed by atoms with van der Waals surface area (Å²) < 4.78 is 41.2. The summed E-state index contributed by atoms with van der Waals surface area (Å²) in [4.78, 5) is 12.0. The Bertz CT molecular complexity index is 667. The average molecular weight is 366 g/mol. The van der Waals surface area contributed by atoms with E-state index in [-0.39, 0.29) is 6.42 Å². The zero-order valence-electron chi connectivity index (χ0n) is 14.9. The maximum Gasteiger partial charge on any atom is 0.399 e. The van der Waals surface area contributed by atoms with Gasteiger partial charge < -0.3 is 11.1 Å². The van der Waals surface area contributed by atoms with Gasteiger partial charge in [-0.25, -0.2) is 0 Å². The summed E-state index contributed by atoms with van der Waals surface area (Å²) >= 11 is 0. The van der Waals surface area contributed by atoms with Crippen molar-refractivity contribution in [1.82, 2.24) is 5.32 Å². The summed E-state index contributed by atoms with van der Waals surface area (Å²) in [7, 11) is 0. The molecule has 0 aliphatic heterocycles. The van der Waals surface area contributed by atoms with E-state index in [2.05, 4.69) is 5.32 Å². The highest BCUT2D eigenvalue weighted by atomic mass is 19.4. The number of nitrogens with one attached hydrogen (secondary N) is 1. The lowest BCUT2D eigenvalue weighted by atomic mass is 9.78. The van der Waals surface area contributed by atoms with Crippen LogP contribution in [0.15, 0.2) is 48.6 Å². The van der Waals surface area contributed by atoms with Gasteiger partial charge in [0.25, 0.3) is 0 Å². The maximum absolute atomic E-state index is 13.7. The maximum atomic E-state index is 13.7. The molecule has 2 rings (SSSR count). The molecule has 0 spiro atoms. The summed E-state index contributed by atoms with van der Waals surface area (Å²) in [5, 5.41) is 2.40. The monoisotopic (exact) mass is 366 g/mol. The second-order valence-electron chi connectivity index (χ2n) is 6.68. The lowest BCUT2D eigenvalue weighted by Crippen LogP contribution is -2.50. The quantitative estimate of drug-likeness (QED) is 0.759. The van der Waals surface area contributed by atoms with Gasteiger partial charge in [0.1, 0.15) is 5.41 Å². The lowest BCUT2D eigenvalue weighted by molar-refractivity contribution is -0.203. The predicted molar refractivity (Wildman–Crippen MR) is 97.2 cm³/mol. The Morgan fingerprint density at radius 1 is 1.31 bits per heavy atom. The molecule has 142 valence electrons. The van der Waals surface area contributed by atoms with Crippen LogP contribution in [0.4, 0.5) is 13.2 Å². The van der Waals surface area contributed by atoms with Crippen molar-refractivity contribution in [3.63, 3.8) is 0 Å². The molecule has 6 heteroatoms. The Labute approximate surface area is 152 Å². The molecule has 0 bridgehead atoms. The topological polar surface area (TPSA) is 55.1 Å². The summed E-state index contributed by atoms with van der Waals surface area (Å²) in [6.07, 6.45) is 1.64. The Morgan fingerprint density at radius 3 is 2.54 bits per heavy atom. The molecule has 3 nitrogen and oxygen atoms in total. The van der Waals surface area contributed by atoms with Crippen LogP contribution in [0.3, 0.4) is 0 Å². The van der Waals surface area contributed by atoms with Crippen LogP contribution in [0.5, 0.6) is 0 Å². The standard InChI is InChI=1S/C20H25F3N2O/c1-2-3-9-17(24)18(26)25-14-19(20(21,22)23)12-10-16(11-13-19)15-7-5-4-6-8-15/h4-8,10-12,17H,2-3,9,13-14,24H2,1H3,(H,25,26). The molecule has 0 aromatic heterocycles. The predicted octanol–water partition coefficient (Wildman–Crippen LogP) is 4.21. The van der Waals surface area contributed by atoms with Crippen molar-refractivity contribution in [3.05, 3.63) is 54.1 Å². The number of halogens is 3. The minimum Gasteiger partial charge on any atom is -0.354 e. The minimum absolute atomic E-state index is 0.221. The second kappa shape index (κ2) is 8.54. The largest absolute Gasteiger partial charge is 0.399 e. The van der Waals surface area contributed by atoms with Crippen LogP contribution < -0.4 is 11.1 Å². The van der Waals surface area contributed by atoms with Crippen molar-refractivity contribution >= 4 is 11.5 Å². The van der Waals surface area contributed by atoms with E-state index in [1.165, 1.54) is 6.08 Å². The van der Waals surface area contributed by atoms with Gasteiger partial charge in [-0.15, -0.1) is 0 Å². The molecule has 1 aliphatic rings. The normalized spacial score (nSPS) is 21.2. The van der Waals surface area contributed by atoms with E-state index in [0.717, 1.165) is 30.1 Å². The Kier molecular flexibility index (Phi) is 6.64. The van der Waals surface area contributed by atoms with Gasteiger partial charge in [0.15, 0.2) is 0 Å². The van der Waals surface area contributed by atoms with Crippen LogP contribution in [0, 0.1) is 5.41 Å². The summed E-state index contributed by atoms with van der Waals surface area (Å²) in [6.45, 7) is 1.46. The van der Waals surface area contributed by atoms with Crippen molar-refractivity contribution < 1.29 is 18.0 Å². The molecule has 2 atom stereocenters. The third-order valence-electron chi connectivity index (χ3n) is 4.72. The number of benzene rings is 1. The van der Waals surface area contributed by atoms with Crippen LogP contribution in [0.25, 0.3) is 5.57 Å². The average Bonchev–Trinajstić information content (AvgIpc) is 2.64. The summed E-state index contributed by atoms with van der Waals surface area (Å²) in [5.41, 5.74) is 5.25. The number of carbonyl (C=O) groups excluding carboxylic acids is 1. The first-order chi connectivity index (χ1) is 12.3. The molecule has 0 radical (unpaired) electrons. The number of nitrogens with two attached hydrogens (primary N) is 1. The molecule has 26 heavy (non-hydrogen) atoms. The van der Waals surface area contributed by atoms with Crippen molar-refractivity contribution in [2.75, 3.05) is 6.54 Å². The Balaban J connectivity index is 2.08. The van der Waals surface area contributed by atoms with E-state index >= 15 is 0 Å². The van der Waals surface area contributed by atoms with E-state index in [1.807, 2.05) is 37.3 Å². The molecule has 1 amide bonds. The molecular weight excluding hydrogens is 341 g/mol. The third kappa shape index (κ3) is 4.75. The van der Waals surface area contributed by atoms with Crippen LogP contribution in [0.1, 0.15) is 38.2 Å². The molecule has 0 saturated heterocycles. The van der Waals surface area contributed by atoms with E-state index in [4.69, 9.17) is 5.73 Å². The number of hydrogen-bond donors (Lipinski definition) is 2. The van der Waals surface area contributed by atoms with E-state index < -0.39 is 30.1 Å². The van der Waals surface area contributed by atoms with Gasteiger partial charge in [-0.1, -0.05) is 68.3 Å². The van der Waals surface area contributed by atoms with E-state index in [1.54, 1.807) is 6.08 Å². The molecule has 1 aliphatic carbocycles. The third-order valence-corrected chi connectivity index (χ3v) is 4.72. The SMILES string of the molecule is CCCCC(N)C(=O)NCC1(C(F)(F)F)C=CC(c2ccccc2)=CC1. The van der Waals surface area contributed by atoms with Crippen LogP contribution in [-0.2, 0) is 4.79 Å². The lowest BCUT2D eigenvalue weighted by Gasteiger charge is -2.35. The fraction of sp³-hybridized carbons (Fsp3) is 0.450. The van der Waals surface area contributed by atoms with Crippen molar-refractivity contribution in [2.45, 2.75) is 44.8 Å². The summed E-state index contributed by atoms with van der Waals surface area (Å²) in [5.74, 6) is -0.534. The van der Waals surface area contributed by atoms with Gasteiger partial charge in [0.05, 0.1) is 6.04 Å². The van der Waals surface area contributed by atoms with Crippen molar-refractivity contribution in [1.29, 1.82) is 0 Å². The zero-order valence-corrected chi connectivity index (χ0v) is 14.9. The molecule has 1 aromatic rings. The second-order valence-corrected chi connectivity index (χ2v) is 6.68. The first-order valence-electron chi connectivity index (χ1n) is 8.84. The number of rotatable bonds is 7. The number of unbranched alkanes of at least 4 members (excludes halogenated alkanes) is 1. The fourth-order valence-electron chi connectivity index (χ4n) is 2.89. The van der Waals surface area contributed by atoms with Gasteiger partial charge in [-0.05, 0) is 24.0 Å². The highest BCUT2D eigenvalue weighted by Gasteiger charge is 2.53. The number of carbonyl (C=O) groups is 1. The zero-order chi connectivity index (χ0) is 19.2. The van der Waals surface area contributed by atoms with Gasteiger partial charge in [0, 0.05) is 6.54 Å². The van der Waals surface area contributed by atoms with Gasteiger partial charge in [0.2, 0.25) is 5.91 Å². The fourth-order valence-corrected chi connectivity index (χ4v) is 2.89. The Morgan fingerprint density at radius 2 is 2.00 bits per heavy atom. The number of allylic oxidation sites excluding steroid dienone is 3. The van der Waals surface area contributed by atoms with Crippen molar-refractivity contribution in [3.8, 4) is 0 Å². The Hall–Kier alpha value is -2.08. The van der Waals surface area contributed by atoms with Gasteiger partial charge >= 0.3 is 6.18 Å². The molecule has 2 unspecified atom stereocenters. The molecule has 3 N–H and O–H groups in total. The molecule has 1 aromatic carbocycles. The van der Waals surface area contributed by atoms with Crippen LogP contribution >= 0.6 is 0 Å². The molecule has 0 fully saturated rings. The molecule has 0 saturated carbocycles. The van der Waals surface area contributed by atoms with Crippen LogP contribution in [0.2, 0.25) is 0 Å². The minimum atomic E-state index is -4.47. The summed E-state index contributed by atoms with van der Waals surface area (Å²) in [6, 6.07) is 8.47. The number of alkyl halides is 3. The van der Waals surface area contributed by atoms with Gasteiger partial charge in [-0.2, -0.15) is 13.2 Å².